The van der Waals surface area contributed by atoms with E-state index in [1.165, 1.54) is 0 Å². The van der Waals surface area contributed by atoms with Gasteiger partial charge in [-0.1, -0.05) is 6.92 Å². The van der Waals surface area contributed by atoms with E-state index in [0.29, 0.717) is 0 Å². The van der Waals surface area contributed by atoms with Gasteiger partial charge in [0.15, 0.2) is 0 Å². The Morgan fingerprint density at radius 3 is 3.00 bits per heavy atom. The van der Waals surface area contributed by atoms with E-state index in [9.17, 15) is 0 Å². The molecule has 0 aliphatic rings. The summed E-state index contributed by atoms with van der Waals surface area (Å²) in [5.74, 6) is 0. The predicted molar refractivity (Wildman–Crippen MR) is 61.7 cm³/mol. The molecule has 16 heavy (non-hydrogen) atoms. The zero-order valence-electron chi connectivity index (χ0n) is 9.43. The van der Waals surface area contributed by atoms with Crippen LogP contribution in [0.2, 0.25) is 0 Å². The van der Waals surface area contributed by atoms with Crippen molar-refractivity contribution in [2.75, 3.05) is 0 Å². The van der Waals surface area contributed by atoms with E-state index in [2.05, 4.69) is 26.4 Å². The van der Waals surface area contributed by atoms with Gasteiger partial charge >= 0.3 is 0 Å². The van der Waals surface area contributed by atoms with Crippen LogP contribution >= 0.6 is 0 Å². The summed E-state index contributed by atoms with van der Waals surface area (Å²) in [6.45, 7) is 2.96. The fraction of sp³-hybridized carbons (Fsp3) is 0.455. The SMILES string of the molecule is CC[C@@H](N)c1cncn1CCc1cnc[nH]1. The van der Waals surface area contributed by atoms with Gasteiger partial charge < -0.3 is 15.3 Å². The molecular weight excluding hydrogens is 202 g/mol. The molecule has 0 aliphatic carbocycles. The summed E-state index contributed by atoms with van der Waals surface area (Å²) in [4.78, 5) is 11.2. The molecule has 5 nitrogen and oxygen atoms in total. The molecule has 86 valence electrons. The van der Waals surface area contributed by atoms with E-state index in [-0.39, 0.29) is 6.04 Å². The van der Waals surface area contributed by atoms with Gasteiger partial charge in [0.2, 0.25) is 0 Å². The molecule has 3 N–H and O–H groups in total. The first-order valence-corrected chi connectivity index (χ1v) is 5.54. The third-order valence-corrected chi connectivity index (χ3v) is 2.74. The minimum atomic E-state index is 0.0734. The number of nitrogens with one attached hydrogen (secondary N) is 1. The van der Waals surface area contributed by atoms with Gasteiger partial charge in [0.25, 0.3) is 0 Å². The Labute approximate surface area is 94.7 Å². The highest BCUT2D eigenvalue weighted by molar-refractivity contribution is 5.05. The second kappa shape index (κ2) is 4.94. The molecule has 2 aromatic rings. The first-order chi connectivity index (χ1) is 7.81. The Hall–Kier alpha value is -1.62. The van der Waals surface area contributed by atoms with Crippen LogP contribution in [0.3, 0.4) is 0 Å². The highest BCUT2D eigenvalue weighted by Crippen LogP contribution is 2.13. The predicted octanol–water partition coefficient (Wildman–Crippen LogP) is 1.26. The van der Waals surface area contributed by atoms with Crippen molar-refractivity contribution in [1.82, 2.24) is 19.5 Å². The Bertz CT molecular complexity index is 417. The van der Waals surface area contributed by atoms with Crippen molar-refractivity contribution < 1.29 is 0 Å². The van der Waals surface area contributed by atoms with Crippen molar-refractivity contribution in [1.29, 1.82) is 0 Å². The number of aryl methyl sites for hydroxylation is 2. The number of aromatic nitrogens is 4. The van der Waals surface area contributed by atoms with E-state index < -0.39 is 0 Å². The molecule has 0 saturated carbocycles. The van der Waals surface area contributed by atoms with Gasteiger partial charge in [-0.25, -0.2) is 9.97 Å². The smallest absolute Gasteiger partial charge is 0.0948 e. The van der Waals surface area contributed by atoms with Crippen molar-refractivity contribution >= 4 is 0 Å². The molecule has 0 fully saturated rings. The van der Waals surface area contributed by atoms with Crippen LogP contribution < -0.4 is 5.73 Å². The van der Waals surface area contributed by atoms with Crippen molar-refractivity contribution in [2.24, 2.45) is 5.73 Å². The summed E-state index contributed by atoms with van der Waals surface area (Å²) in [5.41, 5.74) is 8.24. The number of H-pyrrole nitrogens is 1. The van der Waals surface area contributed by atoms with Crippen molar-refractivity contribution in [3.63, 3.8) is 0 Å². The number of nitrogens with zero attached hydrogens (tertiary/aromatic N) is 3. The van der Waals surface area contributed by atoms with E-state index in [4.69, 9.17) is 5.73 Å². The number of rotatable bonds is 5. The molecule has 0 bridgehead atoms. The quantitative estimate of drug-likeness (QED) is 0.795. The topological polar surface area (TPSA) is 72.5 Å². The molecule has 0 saturated heterocycles. The molecule has 2 heterocycles. The van der Waals surface area contributed by atoms with Crippen LogP contribution in [0.15, 0.2) is 25.0 Å². The van der Waals surface area contributed by atoms with Gasteiger partial charge in [-0.3, -0.25) is 0 Å². The van der Waals surface area contributed by atoms with E-state index in [1.54, 1.807) is 6.33 Å². The molecule has 0 amide bonds. The molecule has 2 rings (SSSR count). The summed E-state index contributed by atoms with van der Waals surface area (Å²) >= 11 is 0. The second-order valence-corrected chi connectivity index (χ2v) is 3.85. The largest absolute Gasteiger partial charge is 0.348 e. The van der Waals surface area contributed by atoms with Gasteiger partial charge in [-0.15, -0.1) is 0 Å². The Morgan fingerprint density at radius 2 is 2.31 bits per heavy atom. The standard InChI is InChI=1S/C11H17N5/c1-2-10(12)11-6-14-8-16(11)4-3-9-5-13-7-15-9/h5-8,10H,2-4,12H2,1H3,(H,13,15)/t10-/m1/s1. The van der Waals surface area contributed by atoms with Gasteiger partial charge in [0.1, 0.15) is 0 Å². The number of hydrogen-bond acceptors (Lipinski definition) is 3. The molecule has 1 atom stereocenters. The van der Waals surface area contributed by atoms with E-state index in [0.717, 1.165) is 30.8 Å². The van der Waals surface area contributed by atoms with Gasteiger partial charge in [-0.05, 0) is 6.42 Å². The average molecular weight is 219 g/mol. The van der Waals surface area contributed by atoms with Crippen LogP contribution in [0.1, 0.15) is 30.8 Å². The Morgan fingerprint density at radius 1 is 1.44 bits per heavy atom. The Balaban J connectivity index is 2.01. The summed E-state index contributed by atoms with van der Waals surface area (Å²) in [6.07, 6.45) is 9.07. The number of imidazole rings is 2. The first-order valence-electron chi connectivity index (χ1n) is 5.54. The van der Waals surface area contributed by atoms with Crippen molar-refractivity contribution in [3.8, 4) is 0 Å². The molecule has 0 unspecified atom stereocenters. The summed E-state index contributed by atoms with van der Waals surface area (Å²) in [7, 11) is 0. The third-order valence-electron chi connectivity index (χ3n) is 2.74. The second-order valence-electron chi connectivity index (χ2n) is 3.85. The number of hydrogen-bond donors (Lipinski definition) is 2. The van der Waals surface area contributed by atoms with Crippen molar-refractivity contribution in [3.05, 3.63) is 36.4 Å². The van der Waals surface area contributed by atoms with Crippen LogP contribution in [-0.2, 0) is 13.0 Å². The lowest BCUT2D eigenvalue weighted by atomic mass is 10.2. The maximum atomic E-state index is 6.01. The van der Waals surface area contributed by atoms with Gasteiger partial charge in [-0.2, -0.15) is 0 Å². The molecule has 0 radical (unpaired) electrons. The number of aromatic amines is 1. The van der Waals surface area contributed by atoms with E-state index >= 15 is 0 Å². The Kier molecular flexibility index (Phi) is 3.36. The summed E-state index contributed by atoms with van der Waals surface area (Å²) < 4.78 is 2.11. The zero-order valence-corrected chi connectivity index (χ0v) is 9.43. The molecule has 5 heteroatoms. The average Bonchev–Trinajstić information content (AvgIpc) is 2.96. The summed E-state index contributed by atoms with van der Waals surface area (Å²) in [5, 5.41) is 0. The van der Waals surface area contributed by atoms with Crippen LogP contribution in [-0.4, -0.2) is 19.5 Å². The first kappa shape index (κ1) is 10.9. The lowest BCUT2D eigenvalue weighted by Crippen LogP contribution is -2.15. The van der Waals surface area contributed by atoms with Crippen molar-refractivity contribution in [2.45, 2.75) is 32.4 Å². The van der Waals surface area contributed by atoms with Gasteiger partial charge in [0, 0.05) is 37.1 Å². The highest BCUT2D eigenvalue weighted by atomic mass is 15.1. The van der Waals surface area contributed by atoms with Crippen LogP contribution in [0.25, 0.3) is 0 Å². The summed E-state index contributed by atoms with van der Waals surface area (Å²) in [6, 6.07) is 0.0734. The van der Waals surface area contributed by atoms with E-state index in [1.807, 2.05) is 18.7 Å². The monoisotopic (exact) mass is 219 g/mol. The zero-order chi connectivity index (χ0) is 11.4. The molecule has 0 aromatic carbocycles. The lowest BCUT2D eigenvalue weighted by molar-refractivity contribution is 0.586. The van der Waals surface area contributed by atoms with Gasteiger partial charge in [0.05, 0.1) is 18.3 Å². The van der Waals surface area contributed by atoms with Crippen LogP contribution in [0.4, 0.5) is 0 Å². The maximum Gasteiger partial charge on any atom is 0.0948 e. The normalized spacial score (nSPS) is 12.9. The fourth-order valence-electron chi connectivity index (χ4n) is 1.70. The molecule has 0 spiro atoms. The maximum absolute atomic E-state index is 6.01. The molecular formula is C11H17N5. The fourth-order valence-corrected chi connectivity index (χ4v) is 1.70. The molecule has 2 aromatic heterocycles. The highest BCUT2D eigenvalue weighted by Gasteiger charge is 2.09. The molecule has 0 aliphatic heterocycles. The number of nitrogens with two attached hydrogens (primary N) is 1. The van der Waals surface area contributed by atoms with Crippen LogP contribution in [0, 0.1) is 0 Å². The van der Waals surface area contributed by atoms with Crippen LogP contribution in [0.5, 0.6) is 0 Å². The third kappa shape index (κ3) is 2.30. The lowest BCUT2D eigenvalue weighted by Gasteiger charge is -2.12. The minimum Gasteiger partial charge on any atom is -0.348 e. The minimum absolute atomic E-state index is 0.0734.